The second-order valence-electron chi connectivity index (χ2n) is 9.49. The summed E-state index contributed by atoms with van der Waals surface area (Å²) in [5.74, 6) is 0.0213. The molecule has 35 heavy (non-hydrogen) atoms. The molecule has 6 heteroatoms. The largest absolute Gasteiger partial charge is 0.497 e. The zero-order valence-electron chi connectivity index (χ0n) is 20.3. The minimum absolute atomic E-state index is 0.180. The molecule has 1 saturated heterocycles. The van der Waals surface area contributed by atoms with Gasteiger partial charge >= 0.3 is 0 Å². The van der Waals surface area contributed by atoms with Gasteiger partial charge in [0.1, 0.15) is 11.6 Å². The van der Waals surface area contributed by atoms with Gasteiger partial charge in [-0.2, -0.15) is 0 Å². The predicted molar refractivity (Wildman–Crippen MR) is 132 cm³/mol. The summed E-state index contributed by atoms with van der Waals surface area (Å²) in [7, 11) is 1.59. The van der Waals surface area contributed by atoms with Gasteiger partial charge in [0.15, 0.2) is 17.1 Å². The third-order valence-electron chi connectivity index (χ3n) is 7.33. The first-order valence-electron chi connectivity index (χ1n) is 11.9. The van der Waals surface area contributed by atoms with E-state index in [1.54, 1.807) is 43.5 Å². The van der Waals surface area contributed by atoms with E-state index in [1.807, 2.05) is 36.9 Å². The molecule has 0 N–H and O–H groups in total. The zero-order valence-corrected chi connectivity index (χ0v) is 20.3. The summed E-state index contributed by atoms with van der Waals surface area (Å²) < 4.78 is 19.3. The highest BCUT2D eigenvalue weighted by atomic mass is 19.1. The van der Waals surface area contributed by atoms with Crippen LogP contribution in [0.2, 0.25) is 0 Å². The molecule has 1 heterocycles. The van der Waals surface area contributed by atoms with Gasteiger partial charge in [-0.25, -0.2) is 4.39 Å². The van der Waals surface area contributed by atoms with Crippen LogP contribution in [0, 0.1) is 19.7 Å². The number of piperazine rings is 1. The van der Waals surface area contributed by atoms with E-state index in [9.17, 15) is 14.0 Å². The van der Waals surface area contributed by atoms with Crippen molar-refractivity contribution in [2.45, 2.75) is 25.9 Å². The van der Waals surface area contributed by atoms with E-state index in [-0.39, 0.29) is 17.4 Å². The van der Waals surface area contributed by atoms with Crippen molar-refractivity contribution in [3.63, 3.8) is 0 Å². The normalized spacial score (nSPS) is 18.1. The number of ether oxygens (including phenoxy) is 1. The summed E-state index contributed by atoms with van der Waals surface area (Å²) >= 11 is 0. The summed E-state index contributed by atoms with van der Waals surface area (Å²) in [6, 6.07) is 17.6. The van der Waals surface area contributed by atoms with Crippen molar-refractivity contribution >= 4 is 11.6 Å². The summed E-state index contributed by atoms with van der Waals surface area (Å²) in [5, 5.41) is 0. The molecule has 1 aliphatic carbocycles. The van der Waals surface area contributed by atoms with E-state index in [1.165, 1.54) is 6.07 Å². The lowest BCUT2D eigenvalue weighted by Gasteiger charge is -2.44. The zero-order chi connectivity index (χ0) is 24.7. The molecular weight excluding hydrogens is 443 g/mol. The summed E-state index contributed by atoms with van der Waals surface area (Å²) in [4.78, 5) is 32.4. The van der Waals surface area contributed by atoms with Crippen molar-refractivity contribution in [3.05, 3.63) is 99.9 Å². The van der Waals surface area contributed by atoms with Gasteiger partial charge in [-0.15, -0.1) is 0 Å². The maximum absolute atomic E-state index is 14.0. The number of hydrogen-bond acceptors (Lipinski definition) is 5. The first-order chi connectivity index (χ1) is 16.8. The molecule has 0 amide bonds. The number of halogens is 1. The van der Waals surface area contributed by atoms with Crippen molar-refractivity contribution < 1.29 is 18.7 Å². The summed E-state index contributed by atoms with van der Waals surface area (Å²) in [6.07, 6.45) is 0. The average Bonchev–Trinajstić information content (AvgIpc) is 3.09. The number of carbonyl (C=O) groups excluding carboxylic acids is 2. The van der Waals surface area contributed by atoms with Crippen LogP contribution in [0.3, 0.4) is 0 Å². The van der Waals surface area contributed by atoms with E-state index >= 15 is 0 Å². The van der Waals surface area contributed by atoms with Gasteiger partial charge in [-0.3, -0.25) is 19.4 Å². The lowest BCUT2D eigenvalue weighted by molar-refractivity contribution is 0.0278. The van der Waals surface area contributed by atoms with E-state index in [4.69, 9.17) is 4.74 Å². The first kappa shape index (κ1) is 23.4. The number of ketones is 2. The number of nitrogens with zero attached hydrogens (tertiary/aromatic N) is 2. The second-order valence-corrected chi connectivity index (χ2v) is 9.49. The molecule has 0 aromatic heterocycles. The molecule has 5 nitrogen and oxygen atoms in total. The molecule has 0 atom stereocenters. The molecule has 0 spiro atoms. The molecule has 180 valence electrons. The Balaban J connectivity index is 1.50. The smallest absolute Gasteiger partial charge is 0.196 e. The molecule has 5 rings (SSSR count). The average molecular weight is 473 g/mol. The Bertz CT molecular complexity index is 1280. The maximum atomic E-state index is 14.0. The molecule has 3 aromatic rings. The number of carbonyl (C=O) groups is 2. The number of methoxy groups -OCH3 is 1. The molecule has 1 aliphatic heterocycles. The fraction of sp³-hybridized carbons (Fsp3) is 0.310. The maximum Gasteiger partial charge on any atom is 0.196 e. The molecule has 2 aliphatic rings. The van der Waals surface area contributed by atoms with Gasteiger partial charge in [0.05, 0.1) is 7.11 Å². The monoisotopic (exact) mass is 472 g/mol. The van der Waals surface area contributed by atoms with Crippen molar-refractivity contribution in [2.24, 2.45) is 0 Å². The Hall–Kier alpha value is -3.35. The van der Waals surface area contributed by atoms with Crippen LogP contribution in [0.15, 0.2) is 60.7 Å². The van der Waals surface area contributed by atoms with E-state index < -0.39 is 5.54 Å². The van der Waals surface area contributed by atoms with Crippen LogP contribution in [0.25, 0.3) is 0 Å². The predicted octanol–water partition coefficient (Wildman–Crippen LogP) is 4.54. The molecule has 0 saturated carbocycles. The van der Waals surface area contributed by atoms with Crippen molar-refractivity contribution in [1.29, 1.82) is 0 Å². The number of fused-ring (bicyclic) bond motifs is 1. The minimum Gasteiger partial charge on any atom is -0.497 e. The first-order valence-corrected chi connectivity index (χ1v) is 11.9. The van der Waals surface area contributed by atoms with Crippen LogP contribution in [-0.4, -0.2) is 54.7 Å². The minimum atomic E-state index is -1.41. The topological polar surface area (TPSA) is 49.9 Å². The lowest BCUT2D eigenvalue weighted by atomic mass is 9.81. The Morgan fingerprint density at radius 3 is 2.17 bits per heavy atom. The van der Waals surface area contributed by atoms with Crippen LogP contribution < -0.4 is 4.74 Å². The number of hydrogen-bond donors (Lipinski definition) is 0. The number of aryl methyl sites for hydroxylation is 2. The molecule has 0 unspecified atom stereocenters. The Kier molecular flexibility index (Phi) is 6.03. The number of Topliss-reactive ketones (excluding diaryl/α,β-unsaturated/α-hetero) is 2. The Morgan fingerprint density at radius 1 is 0.886 bits per heavy atom. The van der Waals surface area contributed by atoms with Crippen molar-refractivity contribution in [1.82, 2.24) is 9.80 Å². The van der Waals surface area contributed by atoms with Gasteiger partial charge in [0.2, 0.25) is 0 Å². The molecule has 1 fully saturated rings. The highest BCUT2D eigenvalue weighted by Gasteiger charge is 2.58. The summed E-state index contributed by atoms with van der Waals surface area (Å²) in [5.41, 5.74) is 3.10. The Morgan fingerprint density at radius 2 is 1.54 bits per heavy atom. The van der Waals surface area contributed by atoms with Crippen LogP contribution in [0.5, 0.6) is 5.75 Å². The SMILES string of the molecule is COc1cc(C)cc(C2(N3CCN(Cc4cc(F)ccc4C)CC3)C(=O)c3ccccc3C2=O)c1. The van der Waals surface area contributed by atoms with Gasteiger partial charge in [-0.05, 0) is 60.4 Å². The van der Waals surface area contributed by atoms with Gasteiger partial charge in [0, 0.05) is 43.9 Å². The van der Waals surface area contributed by atoms with Gasteiger partial charge in [0.25, 0.3) is 0 Å². The van der Waals surface area contributed by atoms with Crippen LogP contribution in [0.4, 0.5) is 4.39 Å². The van der Waals surface area contributed by atoms with Crippen LogP contribution in [-0.2, 0) is 12.1 Å². The van der Waals surface area contributed by atoms with Gasteiger partial charge < -0.3 is 4.74 Å². The highest BCUT2D eigenvalue weighted by molar-refractivity contribution is 6.32. The van der Waals surface area contributed by atoms with Crippen LogP contribution >= 0.6 is 0 Å². The van der Waals surface area contributed by atoms with Crippen molar-refractivity contribution in [2.75, 3.05) is 33.3 Å². The molecule has 0 radical (unpaired) electrons. The number of benzene rings is 3. The highest BCUT2D eigenvalue weighted by Crippen LogP contribution is 2.44. The molecule has 0 bridgehead atoms. The third-order valence-corrected chi connectivity index (χ3v) is 7.33. The van der Waals surface area contributed by atoms with Gasteiger partial charge in [-0.1, -0.05) is 36.4 Å². The van der Waals surface area contributed by atoms with E-state index in [0.717, 1.165) is 16.7 Å². The van der Waals surface area contributed by atoms with Crippen molar-refractivity contribution in [3.8, 4) is 5.75 Å². The van der Waals surface area contributed by atoms with E-state index in [2.05, 4.69) is 4.90 Å². The van der Waals surface area contributed by atoms with Crippen LogP contribution in [0.1, 0.15) is 43.0 Å². The van der Waals surface area contributed by atoms with E-state index in [0.29, 0.717) is 55.2 Å². The quantitative estimate of drug-likeness (QED) is 0.510. The Labute approximate surface area is 205 Å². The fourth-order valence-electron chi connectivity index (χ4n) is 5.47. The standard InChI is InChI=1S/C29H29FN2O3/c1-19-14-22(17-24(15-19)35-3)29(27(33)25-6-4-5-7-26(25)28(29)34)32-12-10-31(11-13-32)18-21-16-23(30)9-8-20(21)2/h4-9,14-17H,10-13,18H2,1-3H3. The second kappa shape index (κ2) is 9.02. The fourth-order valence-corrected chi connectivity index (χ4v) is 5.47. The third kappa shape index (κ3) is 3.87. The lowest BCUT2D eigenvalue weighted by Crippen LogP contribution is -2.60. The summed E-state index contributed by atoms with van der Waals surface area (Å²) in [6.45, 7) is 6.96. The molecular formula is C29H29FN2O3. The molecule has 3 aromatic carbocycles. The number of rotatable bonds is 5.